The van der Waals surface area contributed by atoms with Crippen LogP contribution in [0.4, 0.5) is 0 Å². The Kier molecular flexibility index (Phi) is 4.87. The fourth-order valence-electron chi connectivity index (χ4n) is 2.21. The molecular formula is C16H17ClIN. The van der Waals surface area contributed by atoms with Crippen LogP contribution in [-0.2, 0) is 0 Å². The van der Waals surface area contributed by atoms with Gasteiger partial charge in [-0.1, -0.05) is 35.9 Å². The third kappa shape index (κ3) is 3.12. The van der Waals surface area contributed by atoms with Crippen molar-refractivity contribution in [1.82, 2.24) is 5.32 Å². The second kappa shape index (κ2) is 6.25. The van der Waals surface area contributed by atoms with Crippen LogP contribution < -0.4 is 5.32 Å². The molecule has 0 bridgehead atoms. The molecule has 0 aliphatic carbocycles. The van der Waals surface area contributed by atoms with Crippen LogP contribution in [0, 0.1) is 17.4 Å². The molecular weight excluding hydrogens is 369 g/mol. The molecule has 0 amide bonds. The van der Waals surface area contributed by atoms with Crippen molar-refractivity contribution in [1.29, 1.82) is 0 Å². The second-order valence-electron chi connectivity index (χ2n) is 4.70. The minimum absolute atomic E-state index is 0.125. The van der Waals surface area contributed by atoms with Gasteiger partial charge in [0.2, 0.25) is 0 Å². The van der Waals surface area contributed by atoms with Gasteiger partial charge < -0.3 is 5.32 Å². The van der Waals surface area contributed by atoms with Gasteiger partial charge in [-0.3, -0.25) is 0 Å². The Morgan fingerprint density at radius 1 is 1.05 bits per heavy atom. The van der Waals surface area contributed by atoms with Gasteiger partial charge in [-0.05, 0) is 77.9 Å². The predicted molar refractivity (Wildman–Crippen MR) is 91.0 cm³/mol. The van der Waals surface area contributed by atoms with E-state index >= 15 is 0 Å². The van der Waals surface area contributed by atoms with E-state index in [1.54, 1.807) is 0 Å². The lowest BCUT2D eigenvalue weighted by Gasteiger charge is -2.21. The van der Waals surface area contributed by atoms with Gasteiger partial charge in [0.1, 0.15) is 0 Å². The Balaban J connectivity index is 2.55. The Hall–Kier alpha value is -0.580. The van der Waals surface area contributed by atoms with Crippen molar-refractivity contribution in [2.75, 3.05) is 7.05 Å². The molecule has 0 aromatic heterocycles. The van der Waals surface area contributed by atoms with Crippen molar-refractivity contribution in [2.45, 2.75) is 19.9 Å². The lowest BCUT2D eigenvalue weighted by atomic mass is 9.95. The van der Waals surface area contributed by atoms with Crippen LogP contribution in [0.25, 0.3) is 0 Å². The van der Waals surface area contributed by atoms with Crippen molar-refractivity contribution in [3.05, 3.63) is 67.2 Å². The highest BCUT2D eigenvalue weighted by atomic mass is 127. The molecule has 2 rings (SSSR count). The minimum atomic E-state index is 0.125. The molecule has 1 N–H and O–H groups in total. The van der Waals surface area contributed by atoms with Gasteiger partial charge in [0.15, 0.2) is 0 Å². The van der Waals surface area contributed by atoms with Crippen LogP contribution in [0.3, 0.4) is 0 Å². The number of rotatable bonds is 3. The molecule has 100 valence electrons. The molecule has 3 heteroatoms. The number of aryl methyl sites for hydroxylation is 2. The highest BCUT2D eigenvalue weighted by Gasteiger charge is 2.18. The summed E-state index contributed by atoms with van der Waals surface area (Å²) in [5.41, 5.74) is 4.89. The molecule has 0 radical (unpaired) electrons. The van der Waals surface area contributed by atoms with Crippen LogP contribution in [-0.4, -0.2) is 7.05 Å². The maximum Gasteiger partial charge on any atom is 0.0599 e. The van der Waals surface area contributed by atoms with E-state index in [1.807, 2.05) is 13.1 Å². The molecule has 0 aliphatic rings. The quantitative estimate of drug-likeness (QED) is 0.743. The van der Waals surface area contributed by atoms with E-state index in [-0.39, 0.29) is 6.04 Å². The summed E-state index contributed by atoms with van der Waals surface area (Å²) in [7, 11) is 1.97. The summed E-state index contributed by atoms with van der Waals surface area (Å²) >= 11 is 8.80. The first kappa shape index (κ1) is 14.8. The predicted octanol–water partition coefficient (Wildman–Crippen LogP) is 4.87. The minimum Gasteiger partial charge on any atom is -0.309 e. The average Bonchev–Trinajstić information content (AvgIpc) is 2.38. The molecule has 0 spiro atoms. The summed E-state index contributed by atoms with van der Waals surface area (Å²) in [6, 6.07) is 12.7. The molecule has 19 heavy (non-hydrogen) atoms. The number of benzene rings is 2. The Bertz CT molecular complexity index is 595. The summed E-state index contributed by atoms with van der Waals surface area (Å²) in [5, 5.41) is 4.20. The van der Waals surface area contributed by atoms with Crippen molar-refractivity contribution in [3.8, 4) is 0 Å². The number of halogens is 2. The maximum absolute atomic E-state index is 6.43. The monoisotopic (exact) mass is 385 g/mol. The molecule has 0 fully saturated rings. The fraction of sp³-hybridized carbons (Fsp3) is 0.250. The second-order valence-corrected chi connectivity index (χ2v) is 6.27. The summed E-state index contributed by atoms with van der Waals surface area (Å²) in [6.07, 6.45) is 0. The van der Waals surface area contributed by atoms with E-state index in [1.165, 1.54) is 20.3 Å². The third-order valence-electron chi connectivity index (χ3n) is 3.43. The fourth-order valence-corrected chi connectivity index (χ4v) is 3.24. The summed E-state index contributed by atoms with van der Waals surface area (Å²) in [5.74, 6) is 0. The van der Waals surface area contributed by atoms with Gasteiger partial charge in [-0.15, -0.1) is 0 Å². The molecule has 2 aromatic carbocycles. The van der Waals surface area contributed by atoms with Crippen LogP contribution in [0.1, 0.15) is 28.3 Å². The maximum atomic E-state index is 6.43. The van der Waals surface area contributed by atoms with Crippen molar-refractivity contribution in [2.24, 2.45) is 0 Å². The molecule has 0 aliphatic heterocycles. The third-order valence-corrected chi connectivity index (χ3v) is 4.74. The number of hydrogen-bond acceptors (Lipinski definition) is 1. The van der Waals surface area contributed by atoms with E-state index in [9.17, 15) is 0 Å². The first-order valence-electron chi connectivity index (χ1n) is 6.23. The Labute approximate surface area is 133 Å². The standard InChI is InChI=1S/C16H17ClIN/c1-10-8-13(14(17)9-11(10)2)16(19-3)12-6-4-5-7-15(12)18/h4-9,16,19H,1-3H3. The zero-order chi connectivity index (χ0) is 14.0. The molecule has 2 aromatic rings. The van der Waals surface area contributed by atoms with Crippen LogP contribution in [0.2, 0.25) is 5.02 Å². The summed E-state index contributed by atoms with van der Waals surface area (Å²) in [6.45, 7) is 4.21. The van der Waals surface area contributed by atoms with Gasteiger partial charge in [0, 0.05) is 8.59 Å². The molecule has 1 nitrogen and oxygen atoms in total. The van der Waals surface area contributed by atoms with Crippen LogP contribution >= 0.6 is 34.2 Å². The zero-order valence-corrected chi connectivity index (χ0v) is 14.2. The summed E-state index contributed by atoms with van der Waals surface area (Å²) < 4.78 is 1.24. The molecule has 1 unspecified atom stereocenters. The van der Waals surface area contributed by atoms with Crippen molar-refractivity contribution in [3.63, 3.8) is 0 Å². The van der Waals surface area contributed by atoms with E-state index < -0.39 is 0 Å². The first-order valence-corrected chi connectivity index (χ1v) is 7.68. The normalized spacial score (nSPS) is 12.5. The molecule has 0 saturated heterocycles. The highest BCUT2D eigenvalue weighted by molar-refractivity contribution is 14.1. The van der Waals surface area contributed by atoms with Gasteiger partial charge in [0.05, 0.1) is 6.04 Å². The Morgan fingerprint density at radius 2 is 1.68 bits per heavy atom. The Morgan fingerprint density at radius 3 is 2.32 bits per heavy atom. The molecule has 0 saturated carbocycles. The van der Waals surface area contributed by atoms with E-state index in [0.29, 0.717) is 0 Å². The highest BCUT2D eigenvalue weighted by Crippen LogP contribution is 2.32. The zero-order valence-electron chi connectivity index (χ0n) is 11.3. The number of hydrogen-bond donors (Lipinski definition) is 1. The molecule has 1 atom stereocenters. The van der Waals surface area contributed by atoms with Crippen molar-refractivity contribution < 1.29 is 0 Å². The molecule has 0 heterocycles. The van der Waals surface area contributed by atoms with Crippen molar-refractivity contribution >= 4 is 34.2 Å². The average molecular weight is 386 g/mol. The smallest absolute Gasteiger partial charge is 0.0599 e. The largest absolute Gasteiger partial charge is 0.309 e. The van der Waals surface area contributed by atoms with Crippen LogP contribution in [0.15, 0.2) is 36.4 Å². The van der Waals surface area contributed by atoms with E-state index in [4.69, 9.17) is 11.6 Å². The van der Waals surface area contributed by atoms with E-state index in [0.717, 1.165) is 10.6 Å². The van der Waals surface area contributed by atoms with Gasteiger partial charge in [0.25, 0.3) is 0 Å². The van der Waals surface area contributed by atoms with E-state index in [2.05, 4.69) is 72.1 Å². The lowest BCUT2D eigenvalue weighted by molar-refractivity contribution is 0.688. The topological polar surface area (TPSA) is 12.0 Å². The first-order chi connectivity index (χ1) is 9.04. The number of nitrogens with one attached hydrogen (secondary N) is 1. The SMILES string of the molecule is CNC(c1cc(C)c(C)cc1Cl)c1ccccc1I. The van der Waals surface area contributed by atoms with Crippen LogP contribution in [0.5, 0.6) is 0 Å². The van der Waals surface area contributed by atoms with Gasteiger partial charge in [-0.2, -0.15) is 0 Å². The van der Waals surface area contributed by atoms with Gasteiger partial charge in [-0.25, -0.2) is 0 Å². The summed E-state index contributed by atoms with van der Waals surface area (Å²) in [4.78, 5) is 0. The lowest BCUT2D eigenvalue weighted by Crippen LogP contribution is -2.19. The van der Waals surface area contributed by atoms with Gasteiger partial charge >= 0.3 is 0 Å².